The van der Waals surface area contributed by atoms with Gasteiger partial charge in [0.1, 0.15) is 12.4 Å². The number of hydrogen-bond donors (Lipinski definition) is 1. The fourth-order valence-electron chi connectivity index (χ4n) is 3.34. The highest BCUT2D eigenvalue weighted by atomic mass is 32.2. The Bertz CT molecular complexity index is 724. The molecule has 1 aliphatic rings. The van der Waals surface area contributed by atoms with Crippen molar-refractivity contribution in [3.05, 3.63) is 30.1 Å². The fourth-order valence-corrected chi connectivity index (χ4v) is 3.82. The van der Waals surface area contributed by atoms with Crippen LogP contribution in [0.15, 0.2) is 24.3 Å². The van der Waals surface area contributed by atoms with Gasteiger partial charge in [0.15, 0.2) is 0 Å². The zero-order chi connectivity index (χ0) is 18.4. The van der Waals surface area contributed by atoms with Gasteiger partial charge in [0, 0.05) is 32.7 Å². The Balaban J connectivity index is 1.49. The van der Waals surface area contributed by atoms with E-state index in [9.17, 15) is 4.79 Å². The van der Waals surface area contributed by atoms with Crippen LogP contribution < -0.4 is 5.32 Å². The Morgan fingerprint density at radius 3 is 2.77 bits per heavy atom. The van der Waals surface area contributed by atoms with Gasteiger partial charge in [-0.3, -0.25) is 4.79 Å². The highest BCUT2D eigenvalue weighted by molar-refractivity contribution is 7.97. The van der Waals surface area contributed by atoms with E-state index in [-0.39, 0.29) is 5.91 Å². The first-order valence-electron chi connectivity index (χ1n) is 9.28. The van der Waals surface area contributed by atoms with Crippen molar-refractivity contribution in [1.29, 1.82) is 0 Å². The number of benzene rings is 1. The maximum atomic E-state index is 12.4. The predicted molar refractivity (Wildman–Crippen MR) is 109 cm³/mol. The molecule has 1 fully saturated rings. The summed E-state index contributed by atoms with van der Waals surface area (Å²) in [7, 11) is 2.17. The van der Waals surface area contributed by atoms with Crippen molar-refractivity contribution >= 4 is 28.7 Å². The molecule has 3 rings (SSSR count). The normalized spacial score (nSPS) is 16.2. The second kappa shape index (κ2) is 9.39. The Morgan fingerprint density at radius 2 is 2.00 bits per heavy atom. The molecule has 0 saturated carbocycles. The summed E-state index contributed by atoms with van der Waals surface area (Å²) in [6.45, 7) is 6.66. The molecule has 0 aliphatic carbocycles. The summed E-state index contributed by atoms with van der Waals surface area (Å²) in [5.41, 5.74) is 1.99. The first-order valence-corrected chi connectivity index (χ1v) is 10.7. The topological polar surface area (TPSA) is 53.4 Å². The first-order chi connectivity index (χ1) is 12.7. The number of carbonyl (C=O) groups excluding carboxylic acids is 1. The number of carbonyl (C=O) groups is 1. The molecule has 0 unspecified atom stereocenters. The van der Waals surface area contributed by atoms with E-state index in [0.29, 0.717) is 6.54 Å². The number of nitrogens with one attached hydrogen (secondary N) is 1. The fraction of sp³-hybridized carbons (Fsp3) is 0.579. The van der Waals surface area contributed by atoms with Crippen molar-refractivity contribution in [2.24, 2.45) is 0 Å². The molecule has 0 spiro atoms. The quantitative estimate of drug-likeness (QED) is 0.711. The summed E-state index contributed by atoms with van der Waals surface area (Å²) >= 11 is 1.72. The van der Waals surface area contributed by atoms with Crippen LogP contribution in [0, 0.1) is 0 Å². The number of rotatable bonds is 8. The Hall–Kier alpha value is -1.57. The summed E-state index contributed by atoms with van der Waals surface area (Å²) in [5.74, 6) is 1.84. The Kier molecular flexibility index (Phi) is 6.93. The predicted octanol–water partition coefficient (Wildman–Crippen LogP) is 1.65. The average Bonchev–Trinajstić information content (AvgIpc) is 2.98. The van der Waals surface area contributed by atoms with Crippen molar-refractivity contribution in [3.8, 4) is 0 Å². The van der Waals surface area contributed by atoms with Gasteiger partial charge >= 0.3 is 0 Å². The van der Waals surface area contributed by atoms with E-state index < -0.39 is 0 Å². The van der Waals surface area contributed by atoms with Crippen LogP contribution in [0.25, 0.3) is 11.0 Å². The van der Waals surface area contributed by atoms with E-state index >= 15 is 0 Å². The molecule has 26 heavy (non-hydrogen) atoms. The molecule has 1 aromatic heterocycles. The smallest absolute Gasteiger partial charge is 0.240 e. The van der Waals surface area contributed by atoms with Crippen LogP contribution in [0.3, 0.4) is 0 Å². The lowest BCUT2D eigenvalue weighted by Crippen LogP contribution is -2.45. The maximum Gasteiger partial charge on any atom is 0.240 e. The van der Waals surface area contributed by atoms with Gasteiger partial charge in [-0.1, -0.05) is 12.1 Å². The number of piperazine rings is 1. The van der Waals surface area contributed by atoms with Gasteiger partial charge in [-0.05, 0) is 38.4 Å². The molecule has 2 aromatic rings. The van der Waals surface area contributed by atoms with E-state index in [1.54, 1.807) is 11.8 Å². The highest BCUT2D eigenvalue weighted by Crippen LogP contribution is 2.18. The molecule has 0 bridgehead atoms. The molecule has 1 saturated heterocycles. The van der Waals surface area contributed by atoms with Gasteiger partial charge in [-0.2, -0.15) is 11.8 Å². The van der Waals surface area contributed by atoms with Gasteiger partial charge < -0.3 is 19.7 Å². The van der Waals surface area contributed by atoms with E-state index in [4.69, 9.17) is 0 Å². The number of likely N-dealkylation sites (N-methyl/N-ethyl adjacent to an activating group) is 1. The molecule has 1 aliphatic heterocycles. The van der Waals surface area contributed by atoms with Gasteiger partial charge in [-0.25, -0.2) is 4.98 Å². The third-order valence-corrected chi connectivity index (χ3v) is 5.42. The van der Waals surface area contributed by atoms with E-state index in [1.807, 2.05) is 28.8 Å². The number of amides is 1. The van der Waals surface area contributed by atoms with Crippen LogP contribution in [-0.4, -0.2) is 77.8 Å². The largest absolute Gasteiger partial charge is 0.355 e. The summed E-state index contributed by atoms with van der Waals surface area (Å²) in [6.07, 6.45) is 3.06. The number of aromatic nitrogens is 2. The molecule has 1 amide bonds. The third kappa shape index (κ3) is 4.99. The van der Waals surface area contributed by atoms with Gasteiger partial charge in [0.2, 0.25) is 5.91 Å². The lowest BCUT2D eigenvalue weighted by molar-refractivity contribution is -0.121. The van der Waals surface area contributed by atoms with E-state index in [1.165, 1.54) is 0 Å². The minimum atomic E-state index is 0.0638. The lowest BCUT2D eigenvalue weighted by atomic mass is 10.3. The second-order valence-corrected chi connectivity index (χ2v) is 7.75. The molecular weight excluding hydrogens is 346 g/mol. The molecular formula is C19H29N5OS. The first kappa shape index (κ1) is 19.2. The number of fused-ring (bicyclic) bond motifs is 1. The molecule has 6 nitrogen and oxygen atoms in total. The van der Waals surface area contributed by atoms with Crippen molar-refractivity contribution in [3.63, 3.8) is 0 Å². The van der Waals surface area contributed by atoms with Crippen LogP contribution in [0.5, 0.6) is 0 Å². The minimum Gasteiger partial charge on any atom is -0.355 e. The Morgan fingerprint density at radius 1 is 1.23 bits per heavy atom. The molecule has 0 atom stereocenters. The second-order valence-electron chi connectivity index (χ2n) is 6.88. The molecule has 0 radical (unpaired) electrons. The Labute approximate surface area is 159 Å². The van der Waals surface area contributed by atoms with Gasteiger partial charge in [0.25, 0.3) is 0 Å². The zero-order valence-corrected chi connectivity index (χ0v) is 16.6. The number of imidazole rings is 1. The van der Waals surface area contributed by atoms with Crippen molar-refractivity contribution in [1.82, 2.24) is 24.7 Å². The van der Waals surface area contributed by atoms with Gasteiger partial charge in [-0.15, -0.1) is 0 Å². The summed E-state index contributed by atoms with van der Waals surface area (Å²) in [5, 5.41) is 3.07. The maximum absolute atomic E-state index is 12.4. The minimum absolute atomic E-state index is 0.0638. The van der Waals surface area contributed by atoms with Crippen LogP contribution >= 0.6 is 11.8 Å². The number of thioether (sulfide) groups is 1. The molecule has 1 aromatic carbocycles. The monoisotopic (exact) mass is 375 g/mol. The van der Waals surface area contributed by atoms with Crippen molar-refractivity contribution in [2.45, 2.75) is 18.7 Å². The number of nitrogens with zero attached hydrogens (tertiary/aromatic N) is 4. The third-order valence-electron chi connectivity index (χ3n) is 4.88. The SMILES string of the molecule is CSCc1nc2ccccc2n1CC(=O)NCCCN1CCN(C)CC1. The number of para-hydroxylation sites is 2. The van der Waals surface area contributed by atoms with E-state index in [0.717, 1.165) is 68.3 Å². The molecule has 7 heteroatoms. The van der Waals surface area contributed by atoms with E-state index in [2.05, 4.69) is 33.4 Å². The summed E-state index contributed by atoms with van der Waals surface area (Å²) in [4.78, 5) is 21.9. The molecule has 1 N–H and O–H groups in total. The highest BCUT2D eigenvalue weighted by Gasteiger charge is 2.14. The van der Waals surface area contributed by atoms with Crippen LogP contribution in [0.2, 0.25) is 0 Å². The van der Waals surface area contributed by atoms with Crippen molar-refractivity contribution in [2.75, 3.05) is 52.6 Å². The van der Waals surface area contributed by atoms with Gasteiger partial charge in [0.05, 0.1) is 16.8 Å². The zero-order valence-electron chi connectivity index (χ0n) is 15.8. The molecule has 2 heterocycles. The lowest BCUT2D eigenvalue weighted by Gasteiger charge is -2.32. The molecule has 142 valence electrons. The number of hydrogen-bond acceptors (Lipinski definition) is 5. The average molecular weight is 376 g/mol. The summed E-state index contributed by atoms with van der Waals surface area (Å²) < 4.78 is 2.04. The van der Waals surface area contributed by atoms with Crippen LogP contribution in [0.4, 0.5) is 0 Å². The van der Waals surface area contributed by atoms with Crippen LogP contribution in [0.1, 0.15) is 12.2 Å². The van der Waals surface area contributed by atoms with Crippen LogP contribution in [-0.2, 0) is 17.1 Å². The van der Waals surface area contributed by atoms with Crippen molar-refractivity contribution < 1.29 is 4.79 Å². The summed E-state index contributed by atoms with van der Waals surface area (Å²) in [6, 6.07) is 8.02. The standard InChI is InChI=1S/C19H29N5OS/c1-22-10-12-23(13-11-22)9-5-8-20-19(25)14-24-17-7-4-3-6-16(17)21-18(24)15-26-2/h3-4,6-7H,5,8-15H2,1-2H3,(H,20,25).